The van der Waals surface area contributed by atoms with Gasteiger partial charge in [-0.2, -0.15) is 0 Å². The fourth-order valence-electron chi connectivity index (χ4n) is 4.20. The number of hydrogen-bond acceptors (Lipinski definition) is 3. The van der Waals surface area contributed by atoms with E-state index in [1.165, 1.54) is 25.7 Å². The van der Waals surface area contributed by atoms with Crippen molar-refractivity contribution in [2.75, 3.05) is 6.54 Å². The van der Waals surface area contributed by atoms with E-state index in [9.17, 15) is 4.79 Å². The minimum atomic E-state index is -0.449. The topological polar surface area (TPSA) is 64.3 Å². The van der Waals surface area contributed by atoms with Crippen molar-refractivity contribution < 1.29 is 9.53 Å². The highest BCUT2D eigenvalue weighted by molar-refractivity contribution is 5.69. The molecular formula is C16H30N2O2. The molecule has 3 N–H and O–H groups in total. The standard InChI is InChI=1S/C16H30N2O2/c1-14(2,3)20-13(19)18-16(10-6-7-11-16)15(12-17)8-4-5-9-15/h4-12,17H2,1-3H3,(H,18,19). The molecule has 0 aromatic carbocycles. The molecule has 0 aromatic heterocycles. The average Bonchev–Trinajstić information content (AvgIpc) is 2.95. The van der Waals surface area contributed by atoms with E-state index in [2.05, 4.69) is 5.32 Å². The number of rotatable bonds is 3. The van der Waals surface area contributed by atoms with E-state index in [4.69, 9.17) is 10.5 Å². The highest BCUT2D eigenvalue weighted by Gasteiger charge is 2.54. The first-order valence-electron chi connectivity index (χ1n) is 8.04. The smallest absolute Gasteiger partial charge is 0.408 e. The van der Waals surface area contributed by atoms with Crippen LogP contribution in [0.25, 0.3) is 0 Å². The fraction of sp³-hybridized carbons (Fsp3) is 0.938. The highest BCUT2D eigenvalue weighted by atomic mass is 16.6. The Labute approximate surface area is 122 Å². The number of hydrogen-bond donors (Lipinski definition) is 2. The maximum Gasteiger partial charge on any atom is 0.408 e. The van der Waals surface area contributed by atoms with Crippen LogP contribution in [0.3, 0.4) is 0 Å². The molecule has 116 valence electrons. The van der Waals surface area contributed by atoms with Gasteiger partial charge in [0.15, 0.2) is 0 Å². The molecule has 2 rings (SSSR count). The van der Waals surface area contributed by atoms with Gasteiger partial charge in [0.25, 0.3) is 0 Å². The van der Waals surface area contributed by atoms with Crippen LogP contribution in [0.1, 0.15) is 72.1 Å². The Bertz CT molecular complexity index is 348. The molecular weight excluding hydrogens is 252 g/mol. The normalized spacial score (nSPS) is 24.6. The van der Waals surface area contributed by atoms with E-state index in [1.807, 2.05) is 20.8 Å². The maximum absolute atomic E-state index is 12.3. The first kappa shape index (κ1) is 15.6. The predicted molar refractivity (Wildman–Crippen MR) is 80.5 cm³/mol. The van der Waals surface area contributed by atoms with Crippen molar-refractivity contribution in [3.63, 3.8) is 0 Å². The lowest BCUT2D eigenvalue weighted by molar-refractivity contribution is 0.0277. The first-order valence-corrected chi connectivity index (χ1v) is 8.04. The Balaban J connectivity index is 2.15. The van der Waals surface area contributed by atoms with Crippen molar-refractivity contribution in [2.24, 2.45) is 11.1 Å². The molecule has 0 spiro atoms. The number of alkyl carbamates (subject to hydrolysis) is 1. The zero-order chi connectivity index (χ0) is 14.9. The molecule has 4 heteroatoms. The molecule has 2 aliphatic carbocycles. The second-order valence-corrected chi connectivity index (χ2v) is 7.61. The molecule has 0 saturated heterocycles. The third-order valence-corrected chi connectivity index (χ3v) is 5.16. The summed E-state index contributed by atoms with van der Waals surface area (Å²) < 4.78 is 5.48. The van der Waals surface area contributed by atoms with Gasteiger partial charge >= 0.3 is 6.09 Å². The Morgan fingerprint density at radius 2 is 1.60 bits per heavy atom. The van der Waals surface area contributed by atoms with Gasteiger partial charge in [-0.05, 0) is 46.5 Å². The lowest BCUT2D eigenvalue weighted by Crippen LogP contribution is -2.60. The molecule has 2 aliphatic rings. The second kappa shape index (κ2) is 5.55. The molecule has 0 aromatic rings. The lowest BCUT2D eigenvalue weighted by Gasteiger charge is -2.47. The van der Waals surface area contributed by atoms with Crippen LogP contribution in [0.15, 0.2) is 0 Å². The summed E-state index contributed by atoms with van der Waals surface area (Å²) in [5.41, 5.74) is 5.64. The molecule has 0 bridgehead atoms. The SMILES string of the molecule is CC(C)(C)OC(=O)NC1(C2(CN)CCCC2)CCCC1. The molecule has 2 saturated carbocycles. The summed E-state index contributed by atoms with van der Waals surface area (Å²) in [7, 11) is 0. The lowest BCUT2D eigenvalue weighted by atomic mass is 9.66. The molecule has 20 heavy (non-hydrogen) atoms. The minimum Gasteiger partial charge on any atom is -0.444 e. The number of ether oxygens (including phenoxy) is 1. The summed E-state index contributed by atoms with van der Waals surface area (Å²) in [6, 6.07) is 0. The Hall–Kier alpha value is -0.770. The molecule has 2 fully saturated rings. The zero-order valence-corrected chi connectivity index (χ0v) is 13.3. The second-order valence-electron chi connectivity index (χ2n) is 7.61. The molecule has 0 heterocycles. The molecule has 0 aliphatic heterocycles. The van der Waals surface area contributed by atoms with Gasteiger partial charge in [0.05, 0.1) is 5.54 Å². The number of carbonyl (C=O) groups excluding carboxylic acids is 1. The maximum atomic E-state index is 12.3. The largest absolute Gasteiger partial charge is 0.444 e. The Morgan fingerprint density at radius 1 is 1.10 bits per heavy atom. The first-order chi connectivity index (χ1) is 9.33. The van der Waals surface area contributed by atoms with Gasteiger partial charge < -0.3 is 15.8 Å². The summed E-state index contributed by atoms with van der Waals surface area (Å²) in [5, 5.41) is 3.24. The van der Waals surface area contributed by atoms with Gasteiger partial charge in [0.1, 0.15) is 5.60 Å². The van der Waals surface area contributed by atoms with Crippen molar-refractivity contribution in [3.8, 4) is 0 Å². The van der Waals surface area contributed by atoms with Crippen molar-refractivity contribution in [3.05, 3.63) is 0 Å². The Kier molecular flexibility index (Phi) is 4.33. The molecule has 4 nitrogen and oxygen atoms in total. The number of carbonyl (C=O) groups is 1. The van der Waals surface area contributed by atoms with Crippen LogP contribution in [0.4, 0.5) is 4.79 Å². The highest BCUT2D eigenvalue weighted by Crippen LogP contribution is 2.52. The van der Waals surface area contributed by atoms with Crippen LogP contribution in [-0.4, -0.2) is 23.8 Å². The van der Waals surface area contributed by atoms with E-state index in [0.717, 1.165) is 25.7 Å². The van der Waals surface area contributed by atoms with Crippen LogP contribution in [-0.2, 0) is 4.74 Å². The Morgan fingerprint density at radius 3 is 2.05 bits per heavy atom. The van der Waals surface area contributed by atoms with Crippen LogP contribution < -0.4 is 11.1 Å². The number of nitrogens with one attached hydrogen (secondary N) is 1. The number of amides is 1. The van der Waals surface area contributed by atoms with Crippen LogP contribution in [0, 0.1) is 5.41 Å². The van der Waals surface area contributed by atoms with Crippen LogP contribution >= 0.6 is 0 Å². The van der Waals surface area contributed by atoms with Crippen molar-refractivity contribution in [1.29, 1.82) is 0 Å². The van der Waals surface area contributed by atoms with Gasteiger partial charge in [-0.1, -0.05) is 25.7 Å². The van der Waals surface area contributed by atoms with Crippen molar-refractivity contribution in [2.45, 2.75) is 83.3 Å². The summed E-state index contributed by atoms with van der Waals surface area (Å²) in [4.78, 5) is 12.3. The van der Waals surface area contributed by atoms with E-state index in [0.29, 0.717) is 6.54 Å². The monoisotopic (exact) mass is 282 g/mol. The fourth-order valence-corrected chi connectivity index (χ4v) is 4.20. The quantitative estimate of drug-likeness (QED) is 0.834. The van der Waals surface area contributed by atoms with Crippen molar-refractivity contribution in [1.82, 2.24) is 5.32 Å². The van der Waals surface area contributed by atoms with Crippen LogP contribution in [0.2, 0.25) is 0 Å². The molecule has 0 atom stereocenters. The van der Waals surface area contributed by atoms with Crippen molar-refractivity contribution >= 4 is 6.09 Å². The molecule has 1 amide bonds. The van der Waals surface area contributed by atoms with Gasteiger partial charge in [0, 0.05) is 12.0 Å². The number of nitrogens with two attached hydrogens (primary N) is 1. The molecule has 0 radical (unpaired) electrons. The predicted octanol–water partition coefficient (Wildman–Crippen LogP) is 3.34. The summed E-state index contributed by atoms with van der Waals surface area (Å²) in [6.07, 6.45) is 8.91. The minimum absolute atomic E-state index is 0.0837. The average molecular weight is 282 g/mol. The van der Waals surface area contributed by atoms with Gasteiger partial charge in [-0.15, -0.1) is 0 Å². The third-order valence-electron chi connectivity index (χ3n) is 5.16. The van der Waals surface area contributed by atoms with E-state index >= 15 is 0 Å². The third kappa shape index (κ3) is 2.95. The van der Waals surface area contributed by atoms with Gasteiger partial charge in [0.2, 0.25) is 0 Å². The summed E-state index contributed by atoms with van der Waals surface area (Å²) in [6.45, 7) is 6.38. The van der Waals surface area contributed by atoms with E-state index < -0.39 is 5.60 Å². The molecule has 0 unspecified atom stereocenters. The van der Waals surface area contributed by atoms with E-state index in [-0.39, 0.29) is 17.0 Å². The summed E-state index contributed by atoms with van der Waals surface area (Å²) in [5.74, 6) is 0. The zero-order valence-electron chi connectivity index (χ0n) is 13.3. The van der Waals surface area contributed by atoms with E-state index in [1.54, 1.807) is 0 Å². The summed E-state index contributed by atoms with van der Waals surface area (Å²) >= 11 is 0. The van der Waals surface area contributed by atoms with Gasteiger partial charge in [-0.3, -0.25) is 0 Å². The van der Waals surface area contributed by atoms with Crippen LogP contribution in [0.5, 0.6) is 0 Å². The van der Waals surface area contributed by atoms with Gasteiger partial charge in [-0.25, -0.2) is 4.79 Å².